The standard InChI is InChI=1S/C14H12ClNOS/c1-18-14-5-3-2-4-11(14)13(17)8-10-6-7-16-9-12(10)15/h2-7,9H,8H2,1H3. The smallest absolute Gasteiger partial charge is 0.168 e. The first kappa shape index (κ1) is 13.1. The zero-order chi connectivity index (χ0) is 13.0. The molecule has 0 unspecified atom stereocenters. The van der Waals surface area contributed by atoms with Gasteiger partial charge in [-0.1, -0.05) is 29.8 Å². The summed E-state index contributed by atoms with van der Waals surface area (Å²) < 4.78 is 0. The van der Waals surface area contributed by atoms with Crippen LogP contribution in [-0.4, -0.2) is 17.0 Å². The van der Waals surface area contributed by atoms with Gasteiger partial charge in [0.1, 0.15) is 0 Å². The molecule has 0 bridgehead atoms. The zero-order valence-electron chi connectivity index (χ0n) is 9.89. The van der Waals surface area contributed by atoms with Crippen molar-refractivity contribution in [3.05, 3.63) is 58.9 Å². The molecule has 0 spiro atoms. The minimum Gasteiger partial charge on any atom is -0.294 e. The Labute approximate surface area is 115 Å². The molecule has 0 saturated carbocycles. The molecule has 2 rings (SSSR count). The molecule has 0 fully saturated rings. The molecule has 0 amide bonds. The van der Waals surface area contributed by atoms with E-state index in [1.807, 2.05) is 30.5 Å². The number of halogens is 1. The lowest BCUT2D eigenvalue weighted by Crippen LogP contribution is -2.05. The van der Waals surface area contributed by atoms with Crippen molar-refractivity contribution in [1.82, 2.24) is 4.98 Å². The molecule has 1 aromatic carbocycles. The molecular formula is C14H12ClNOS. The number of benzene rings is 1. The highest BCUT2D eigenvalue weighted by Crippen LogP contribution is 2.23. The Kier molecular flexibility index (Phi) is 4.39. The van der Waals surface area contributed by atoms with Crippen LogP contribution in [0.3, 0.4) is 0 Å². The second-order valence-electron chi connectivity index (χ2n) is 3.77. The first-order valence-electron chi connectivity index (χ1n) is 5.47. The van der Waals surface area contributed by atoms with Crippen LogP contribution in [0.1, 0.15) is 15.9 Å². The van der Waals surface area contributed by atoms with E-state index in [0.29, 0.717) is 11.4 Å². The van der Waals surface area contributed by atoms with E-state index in [2.05, 4.69) is 4.98 Å². The van der Waals surface area contributed by atoms with Crippen LogP contribution in [0.4, 0.5) is 0 Å². The highest BCUT2D eigenvalue weighted by atomic mass is 35.5. The average molecular weight is 278 g/mol. The fourth-order valence-corrected chi connectivity index (χ4v) is 2.49. The summed E-state index contributed by atoms with van der Waals surface area (Å²) in [5.74, 6) is 0.0769. The number of ketones is 1. The molecule has 2 nitrogen and oxygen atoms in total. The first-order valence-corrected chi connectivity index (χ1v) is 7.07. The van der Waals surface area contributed by atoms with E-state index in [9.17, 15) is 4.79 Å². The van der Waals surface area contributed by atoms with Crippen LogP contribution in [0, 0.1) is 0 Å². The lowest BCUT2D eigenvalue weighted by molar-refractivity contribution is 0.0990. The maximum atomic E-state index is 12.3. The lowest BCUT2D eigenvalue weighted by Gasteiger charge is -2.07. The molecule has 0 aliphatic rings. The minimum atomic E-state index is 0.0769. The topological polar surface area (TPSA) is 30.0 Å². The molecule has 92 valence electrons. The van der Waals surface area contributed by atoms with Crippen LogP contribution in [0.5, 0.6) is 0 Å². The molecule has 2 aromatic rings. The Hall–Kier alpha value is -1.32. The van der Waals surface area contributed by atoms with Crippen LogP contribution in [0.2, 0.25) is 5.02 Å². The fraction of sp³-hybridized carbons (Fsp3) is 0.143. The van der Waals surface area contributed by atoms with Crippen molar-refractivity contribution in [3.63, 3.8) is 0 Å². The maximum absolute atomic E-state index is 12.3. The lowest BCUT2D eigenvalue weighted by atomic mass is 10.0. The summed E-state index contributed by atoms with van der Waals surface area (Å²) in [7, 11) is 0. The molecule has 0 atom stereocenters. The van der Waals surface area contributed by atoms with Crippen LogP contribution >= 0.6 is 23.4 Å². The van der Waals surface area contributed by atoms with E-state index in [1.54, 1.807) is 30.2 Å². The summed E-state index contributed by atoms with van der Waals surface area (Å²) in [5.41, 5.74) is 1.56. The molecular weight excluding hydrogens is 266 g/mol. The molecule has 0 saturated heterocycles. The Bertz CT molecular complexity index is 571. The Morgan fingerprint density at radius 1 is 1.33 bits per heavy atom. The van der Waals surface area contributed by atoms with Crippen molar-refractivity contribution < 1.29 is 4.79 Å². The van der Waals surface area contributed by atoms with E-state index < -0.39 is 0 Å². The van der Waals surface area contributed by atoms with Gasteiger partial charge in [-0.3, -0.25) is 9.78 Å². The zero-order valence-corrected chi connectivity index (χ0v) is 11.5. The SMILES string of the molecule is CSc1ccccc1C(=O)Cc1ccncc1Cl. The number of pyridine rings is 1. The minimum absolute atomic E-state index is 0.0769. The number of hydrogen-bond acceptors (Lipinski definition) is 3. The van der Waals surface area contributed by atoms with Crippen molar-refractivity contribution >= 4 is 29.1 Å². The number of rotatable bonds is 4. The molecule has 1 aromatic heterocycles. The first-order chi connectivity index (χ1) is 8.72. The molecule has 18 heavy (non-hydrogen) atoms. The quantitative estimate of drug-likeness (QED) is 0.627. The third-order valence-corrected chi connectivity index (χ3v) is 3.75. The highest BCUT2D eigenvalue weighted by molar-refractivity contribution is 7.98. The van der Waals surface area contributed by atoms with Gasteiger partial charge < -0.3 is 0 Å². The monoisotopic (exact) mass is 277 g/mol. The summed E-state index contributed by atoms with van der Waals surface area (Å²) in [5, 5.41) is 0.535. The van der Waals surface area contributed by atoms with E-state index in [1.165, 1.54) is 0 Å². The number of thioether (sulfide) groups is 1. The second kappa shape index (κ2) is 6.03. The van der Waals surface area contributed by atoms with Gasteiger partial charge in [-0.15, -0.1) is 11.8 Å². The van der Waals surface area contributed by atoms with E-state index in [0.717, 1.165) is 16.0 Å². The number of Topliss-reactive ketones (excluding diaryl/α,β-unsaturated/α-hetero) is 1. The third kappa shape index (κ3) is 2.92. The van der Waals surface area contributed by atoms with Gasteiger partial charge in [0.25, 0.3) is 0 Å². The Balaban J connectivity index is 2.25. The van der Waals surface area contributed by atoms with Gasteiger partial charge in [-0.2, -0.15) is 0 Å². The van der Waals surface area contributed by atoms with Gasteiger partial charge in [-0.05, 0) is 24.0 Å². The predicted octanol–water partition coefficient (Wildman–Crippen LogP) is 3.88. The molecule has 0 aliphatic carbocycles. The molecule has 0 N–H and O–H groups in total. The summed E-state index contributed by atoms with van der Waals surface area (Å²) in [6, 6.07) is 9.39. The van der Waals surface area contributed by atoms with Gasteiger partial charge >= 0.3 is 0 Å². The molecule has 0 radical (unpaired) electrons. The third-order valence-electron chi connectivity index (χ3n) is 2.61. The Morgan fingerprint density at radius 3 is 2.83 bits per heavy atom. The van der Waals surface area contributed by atoms with Crippen LogP contribution in [0.25, 0.3) is 0 Å². The van der Waals surface area contributed by atoms with Gasteiger partial charge in [0.2, 0.25) is 0 Å². The van der Waals surface area contributed by atoms with E-state index >= 15 is 0 Å². The summed E-state index contributed by atoms with van der Waals surface area (Å²) in [4.78, 5) is 17.2. The van der Waals surface area contributed by atoms with Gasteiger partial charge in [0.05, 0.1) is 5.02 Å². The predicted molar refractivity (Wildman–Crippen MR) is 75.5 cm³/mol. The van der Waals surface area contributed by atoms with Crippen LogP contribution in [-0.2, 0) is 6.42 Å². The summed E-state index contributed by atoms with van der Waals surface area (Å²) in [6.45, 7) is 0. The van der Waals surface area contributed by atoms with Crippen molar-refractivity contribution in [2.24, 2.45) is 0 Å². The van der Waals surface area contributed by atoms with E-state index in [4.69, 9.17) is 11.6 Å². The molecule has 1 heterocycles. The number of hydrogen-bond donors (Lipinski definition) is 0. The Morgan fingerprint density at radius 2 is 2.11 bits per heavy atom. The molecule has 4 heteroatoms. The summed E-state index contributed by atoms with van der Waals surface area (Å²) in [6.07, 6.45) is 5.48. The number of carbonyl (C=O) groups excluding carboxylic acids is 1. The summed E-state index contributed by atoms with van der Waals surface area (Å²) >= 11 is 7.58. The van der Waals surface area contributed by atoms with Crippen molar-refractivity contribution in [1.29, 1.82) is 0 Å². The van der Waals surface area contributed by atoms with Crippen molar-refractivity contribution in [3.8, 4) is 0 Å². The van der Waals surface area contributed by atoms with Gasteiger partial charge in [0, 0.05) is 29.3 Å². The number of aromatic nitrogens is 1. The van der Waals surface area contributed by atoms with Crippen molar-refractivity contribution in [2.45, 2.75) is 11.3 Å². The highest BCUT2D eigenvalue weighted by Gasteiger charge is 2.12. The van der Waals surface area contributed by atoms with E-state index in [-0.39, 0.29) is 5.78 Å². The van der Waals surface area contributed by atoms with Gasteiger partial charge in [-0.25, -0.2) is 0 Å². The maximum Gasteiger partial charge on any atom is 0.168 e. The number of nitrogens with zero attached hydrogens (tertiary/aromatic N) is 1. The fourth-order valence-electron chi connectivity index (χ4n) is 1.69. The number of carbonyl (C=O) groups is 1. The normalized spacial score (nSPS) is 10.3. The second-order valence-corrected chi connectivity index (χ2v) is 5.02. The largest absolute Gasteiger partial charge is 0.294 e. The molecule has 0 aliphatic heterocycles. The average Bonchev–Trinajstić information content (AvgIpc) is 2.41. The van der Waals surface area contributed by atoms with Gasteiger partial charge in [0.15, 0.2) is 5.78 Å². The van der Waals surface area contributed by atoms with Crippen molar-refractivity contribution in [2.75, 3.05) is 6.26 Å². The van der Waals surface area contributed by atoms with Crippen LogP contribution in [0.15, 0.2) is 47.6 Å². The van der Waals surface area contributed by atoms with Crippen LogP contribution < -0.4 is 0 Å².